The molecule has 23 heavy (non-hydrogen) atoms. The molecule has 1 aromatic rings. The lowest BCUT2D eigenvalue weighted by Gasteiger charge is -2.30. The molecular weight excluding hydrogens is 323 g/mol. The van der Waals surface area contributed by atoms with Crippen LogP contribution in [-0.4, -0.2) is 39.6 Å². The zero-order valence-electron chi connectivity index (χ0n) is 12.8. The lowest BCUT2D eigenvalue weighted by atomic mass is 10.1. The van der Waals surface area contributed by atoms with E-state index in [0.717, 1.165) is 37.7 Å². The lowest BCUT2D eigenvalue weighted by Crippen LogP contribution is -2.31. The summed E-state index contributed by atoms with van der Waals surface area (Å²) in [7, 11) is -3.66. The van der Waals surface area contributed by atoms with Crippen molar-refractivity contribution in [3.63, 3.8) is 0 Å². The monoisotopic (exact) mass is 342 g/mol. The van der Waals surface area contributed by atoms with Crippen LogP contribution in [0.5, 0.6) is 0 Å². The van der Waals surface area contributed by atoms with Gasteiger partial charge in [0, 0.05) is 19.3 Å². The Bertz CT molecular complexity index is 752. The number of rotatable bonds is 3. The first kappa shape index (κ1) is 17.2. The number of sulfone groups is 1. The summed E-state index contributed by atoms with van der Waals surface area (Å²) in [5, 5.41) is 0. The number of piperidine rings is 1. The highest BCUT2D eigenvalue weighted by Gasteiger charge is 2.25. The fourth-order valence-corrected chi connectivity index (χ4v) is 3.46. The summed E-state index contributed by atoms with van der Waals surface area (Å²) >= 11 is 0. The maximum absolute atomic E-state index is 14.3. The van der Waals surface area contributed by atoms with Gasteiger partial charge in [-0.25, -0.2) is 12.8 Å². The second kappa shape index (κ2) is 6.53. The van der Waals surface area contributed by atoms with Crippen LogP contribution >= 0.6 is 0 Å². The number of carbonyl (C=O) groups excluding carboxylic acids is 1. The van der Waals surface area contributed by atoms with E-state index in [9.17, 15) is 17.6 Å². The maximum atomic E-state index is 14.3. The Morgan fingerprint density at radius 3 is 2.35 bits per heavy atom. The summed E-state index contributed by atoms with van der Waals surface area (Å²) in [5.41, 5.74) is 10.0. The predicted molar refractivity (Wildman–Crippen MR) is 85.7 cm³/mol. The van der Waals surface area contributed by atoms with E-state index < -0.39 is 33.1 Å². The number of amides is 1. The molecule has 2 rings (SSSR count). The van der Waals surface area contributed by atoms with Gasteiger partial charge in [-0.15, -0.1) is 0 Å². The zero-order valence-corrected chi connectivity index (χ0v) is 13.6. The quantitative estimate of drug-likeness (QED) is 0.472. The van der Waals surface area contributed by atoms with Crippen molar-refractivity contribution >= 4 is 27.4 Å². The average molecular weight is 342 g/mol. The van der Waals surface area contributed by atoms with Gasteiger partial charge in [0.2, 0.25) is 0 Å². The molecule has 0 spiro atoms. The molecule has 0 aromatic heterocycles. The van der Waals surface area contributed by atoms with Crippen LogP contribution in [0.2, 0.25) is 0 Å². The van der Waals surface area contributed by atoms with E-state index in [1.165, 1.54) is 0 Å². The third-order valence-electron chi connectivity index (χ3n) is 3.61. The summed E-state index contributed by atoms with van der Waals surface area (Å²) in [5.74, 6) is -2.39. The normalized spacial score (nSPS) is 15.3. The number of guanidine groups is 1. The Hall–Kier alpha value is -2.16. The molecule has 9 heteroatoms. The summed E-state index contributed by atoms with van der Waals surface area (Å²) in [6, 6.07) is 2.07. The topological polar surface area (TPSA) is 119 Å². The summed E-state index contributed by atoms with van der Waals surface area (Å²) in [6.45, 7) is 1.28. The average Bonchev–Trinajstić information content (AvgIpc) is 2.45. The number of hydrogen-bond acceptors (Lipinski definition) is 4. The van der Waals surface area contributed by atoms with E-state index in [1.54, 1.807) is 0 Å². The van der Waals surface area contributed by atoms with Crippen LogP contribution in [-0.2, 0) is 9.84 Å². The van der Waals surface area contributed by atoms with Crippen molar-refractivity contribution in [2.75, 3.05) is 24.2 Å². The van der Waals surface area contributed by atoms with Crippen LogP contribution in [0.4, 0.5) is 10.1 Å². The Morgan fingerprint density at radius 2 is 1.83 bits per heavy atom. The van der Waals surface area contributed by atoms with Gasteiger partial charge in [0.1, 0.15) is 5.82 Å². The molecule has 0 bridgehead atoms. The minimum absolute atomic E-state index is 0.102. The minimum Gasteiger partial charge on any atom is -0.370 e. The molecule has 0 atom stereocenters. The molecule has 7 nitrogen and oxygen atoms in total. The maximum Gasteiger partial charge on any atom is 0.283 e. The van der Waals surface area contributed by atoms with Gasteiger partial charge in [-0.2, -0.15) is 4.99 Å². The standard InChI is InChI=1S/C14H19FN4O3S/c1-23(21,22)12-7-9(13(20)18-14(16)17)10(15)8-11(12)19-5-3-2-4-6-19/h7-8H,2-6H2,1H3,(H4,16,17,18,20). The van der Waals surface area contributed by atoms with E-state index >= 15 is 0 Å². The number of halogens is 1. The van der Waals surface area contributed by atoms with Crippen molar-refractivity contribution in [1.82, 2.24) is 0 Å². The van der Waals surface area contributed by atoms with E-state index in [2.05, 4.69) is 4.99 Å². The summed E-state index contributed by atoms with van der Waals surface area (Å²) < 4.78 is 38.4. The number of anilines is 1. The van der Waals surface area contributed by atoms with Crippen LogP contribution in [0, 0.1) is 5.82 Å². The van der Waals surface area contributed by atoms with Gasteiger partial charge in [-0.3, -0.25) is 4.79 Å². The highest BCUT2D eigenvalue weighted by atomic mass is 32.2. The van der Waals surface area contributed by atoms with Crippen molar-refractivity contribution in [2.24, 2.45) is 16.5 Å². The predicted octanol–water partition coefficient (Wildman–Crippen LogP) is 0.633. The van der Waals surface area contributed by atoms with Crippen LogP contribution < -0.4 is 16.4 Å². The zero-order chi connectivity index (χ0) is 17.2. The van der Waals surface area contributed by atoms with Crippen LogP contribution in [0.3, 0.4) is 0 Å². The number of hydrogen-bond donors (Lipinski definition) is 2. The largest absolute Gasteiger partial charge is 0.370 e. The molecule has 0 unspecified atom stereocenters. The SMILES string of the molecule is CS(=O)(=O)c1cc(C(=O)N=C(N)N)c(F)cc1N1CCCCC1. The Balaban J connectivity index is 2.58. The fourth-order valence-electron chi connectivity index (χ4n) is 2.56. The number of nitrogens with zero attached hydrogens (tertiary/aromatic N) is 2. The first-order chi connectivity index (χ1) is 10.7. The van der Waals surface area contributed by atoms with E-state index in [0.29, 0.717) is 13.1 Å². The smallest absolute Gasteiger partial charge is 0.283 e. The third kappa shape index (κ3) is 3.98. The number of benzene rings is 1. The van der Waals surface area contributed by atoms with Crippen LogP contribution in [0.15, 0.2) is 22.0 Å². The number of aliphatic imine (C=N–C) groups is 1. The first-order valence-electron chi connectivity index (χ1n) is 7.12. The molecular formula is C14H19FN4O3S. The van der Waals surface area contributed by atoms with Crippen molar-refractivity contribution in [2.45, 2.75) is 24.2 Å². The number of carbonyl (C=O) groups is 1. The molecule has 1 aliphatic rings. The molecule has 1 aliphatic heterocycles. The van der Waals surface area contributed by atoms with E-state index in [4.69, 9.17) is 11.5 Å². The molecule has 126 valence electrons. The molecule has 0 radical (unpaired) electrons. The molecule has 1 amide bonds. The number of nitrogens with two attached hydrogens (primary N) is 2. The van der Waals surface area contributed by atoms with Crippen molar-refractivity contribution in [3.05, 3.63) is 23.5 Å². The Labute approximate surface area is 134 Å². The van der Waals surface area contributed by atoms with Gasteiger partial charge in [-0.1, -0.05) is 0 Å². The molecule has 0 saturated carbocycles. The lowest BCUT2D eigenvalue weighted by molar-refractivity contribution is 0.0998. The third-order valence-corrected chi connectivity index (χ3v) is 4.73. The molecule has 0 aliphatic carbocycles. The van der Waals surface area contributed by atoms with Crippen LogP contribution in [0.25, 0.3) is 0 Å². The molecule has 1 saturated heterocycles. The molecule has 1 aromatic carbocycles. The van der Waals surface area contributed by atoms with Gasteiger partial charge < -0.3 is 16.4 Å². The second-order valence-corrected chi connectivity index (χ2v) is 7.45. The van der Waals surface area contributed by atoms with Crippen LogP contribution in [0.1, 0.15) is 29.6 Å². The first-order valence-corrected chi connectivity index (χ1v) is 9.02. The van der Waals surface area contributed by atoms with Crippen molar-refractivity contribution in [1.29, 1.82) is 0 Å². The molecule has 4 N–H and O–H groups in total. The van der Waals surface area contributed by atoms with Gasteiger partial charge in [0.15, 0.2) is 15.8 Å². The van der Waals surface area contributed by atoms with Crippen molar-refractivity contribution < 1.29 is 17.6 Å². The summed E-state index contributed by atoms with van der Waals surface area (Å²) in [6.07, 6.45) is 3.87. The van der Waals surface area contributed by atoms with E-state index in [1.807, 2.05) is 4.90 Å². The Kier molecular flexibility index (Phi) is 4.88. The summed E-state index contributed by atoms with van der Waals surface area (Å²) in [4.78, 5) is 16.8. The highest BCUT2D eigenvalue weighted by molar-refractivity contribution is 7.90. The Morgan fingerprint density at radius 1 is 1.22 bits per heavy atom. The second-order valence-electron chi connectivity index (χ2n) is 5.46. The highest BCUT2D eigenvalue weighted by Crippen LogP contribution is 2.31. The fraction of sp³-hybridized carbons (Fsp3) is 0.429. The van der Waals surface area contributed by atoms with Crippen molar-refractivity contribution in [3.8, 4) is 0 Å². The molecule has 1 fully saturated rings. The van der Waals surface area contributed by atoms with Gasteiger partial charge in [0.25, 0.3) is 5.91 Å². The van der Waals surface area contributed by atoms with Gasteiger partial charge >= 0.3 is 0 Å². The van der Waals surface area contributed by atoms with Gasteiger partial charge in [0.05, 0.1) is 16.1 Å². The molecule has 1 heterocycles. The minimum atomic E-state index is -3.66. The van der Waals surface area contributed by atoms with Gasteiger partial charge in [-0.05, 0) is 31.4 Å². The van der Waals surface area contributed by atoms with E-state index in [-0.39, 0.29) is 10.6 Å².